The minimum absolute atomic E-state index is 0.642. The third kappa shape index (κ3) is 4.89. The molecule has 0 atom stereocenters. The molecule has 3 heteroatoms. The lowest BCUT2D eigenvalue weighted by atomic mass is 10.0. The predicted octanol–water partition coefficient (Wildman–Crippen LogP) is 11.5. The predicted molar refractivity (Wildman–Crippen MR) is 191 cm³/mol. The molecule has 8 rings (SSSR count). The van der Waals surface area contributed by atoms with Gasteiger partial charge in [-0.2, -0.15) is 5.26 Å². The van der Waals surface area contributed by atoms with Crippen molar-refractivity contribution in [3.05, 3.63) is 181 Å². The van der Waals surface area contributed by atoms with E-state index in [4.69, 9.17) is 0 Å². The first-order valence-electron chi connectivity index (χ1n) is 15.4. The lowest BCUT2D eigenvalue weighted by Gasteiger charge is -2.26. The van der Waals surface area contributed by atoms with E-state index in [0.29, 0.717) is 5.56 Å². The van der Waals surface area contributed by atoms with Crippen LogP contribution < -0.4 is 4.90 Å². The highest BCUT2D eigenvalue weighted by atomic mass is 15.1. The van der Waals surface area contributed by atoms with E-state index in [1.165, 1.54) is 32.9 Å². The zero-order chi connectivity index (χ0) is 30.9. The average molecular weight is 588 g/mol. The second kappa shape index (κ2) is 11.6. The molecule has 1 heterocycles. The van der Waals surface area contributed by atoms with Gasteiger partial charge in [-0.1, -0.05) is 103 Å². The van der Waals surface area contributed by atoms with Crippen LogP contribution in [0.5, 0.6) is 0 Å². The SMILES string of the molecule is N#Cc1ccc(N(c2ccc(-c3ccccc3)cc2)c2ccc(-c3ccc(-n4c5ccccc5c5ccccc54)cc3)cc2)cc1. The summed E-state index contributed by atoms with van der Waals surface area (Å²) >= 11 is 0. The van der Waals surface area contributed by atoms with Crippen molar-refractivity contribution in [1.29, 1.82) is 5.26 Å². The molecule has 0 bridgehead atoms. The smallest absolute Gasteiger partial charge is 0.0991 e. The molecule has 0 radical (unpaired) electrons. The molecule has 7 aromatic carbocycles. The van der Waals surface area contributed by atoms with Gasteiger partial charge in [0.2, 0.25) is 0 Å². The van der Waals surface area contributed by atoms with Crippen LogP contribution in [0.15, 0.2) is 176 Å². The Balaban J connectivity index is 1.13. The third-order valence-corrected chi connectivity index (χ3v) is 8.65. The Morgan fingerprint density at radius 2 is 0.783 bits per heavy atom. The zero-order valence-electron chi connectivity index (χ0n) is 25.1. The van der Waals surface area contributed by atoms with Crippen molar-refractivity contribution in [1.82, 2.24) is 4.57 Å². The molecule has 0 aliphatic rings. The van der Waals surface area contributed by atoms with Crippen molar-refractivity contribution < 1.29 is 0 Å². The summed E-state index contributed by atoms with van der Waals surface area (Å²) in [4.78, 5) is 2.23. The van der Waals surface area contributed by atoms with Gasteiger partial charge in [0, 0.05) is 33.5 Å². The van der Waals surface area contributed by atoms with Crippen LogP contribution in [0.1, 0.15) is 5.56 Å². The van der Waals surface area contributed by atoms with Crippen LogP contribution in [0.4, 0.5) is 17.1 Å². The minimum Gasteiger partial charge on any atom is -0.311 e. The van der Waals surface area contributed by atoms with Gasteiger partial charge >= 0.3 is 0 Å². The average Bonchev–Trinajstić information content (AvgIpc) is 3.47. The highest BCUT2D eigenvalue weighted by molar-refractivity contribution is 6.09. The summed E-state index contributed by atoms with van der Waals surface area (Å²) in [5, 5.41) is 11.9. The number of hydrogen-bond acceptors (Lipinski definition) is 2. The summed E-state index contributed by atoms with van der Waals surface area (Å²) < 4.78 is 2.34. The van der Waals surface area contributed by atoms with Crippen LogP contribution in [0.2, 0.25) is 0 Å². The fourth-order valence-corrected chi connectivity index (χ4v) is 6.37. The van der Waals surface area contributed by atoms with Gasteiger partial charge in [-0.3, -0.25) is 0 Å². The Kier molecular flexibility index (Phi) is 6.87. The first-order chi connectivity index (χ1) is 22.8. The summed E-state index contributed by atoms with van der Waals surface area (Å²) in [6.07, 6.45) is 0. The first kappa shape index (κ1) is 27.2. The molecule has 1 aromatic heterocycles. The molecule has 46 heavy (non-hydrogen) atoms. The number of fused-ring (bicyclic) bond motifs is 3. The van der Waals surface area contributed by atoms with Crippen LogP contribution in [0.25, 0.3) is 49.7 Å². The van der Waals surface area contributed by atoms with Gasteiger partial charge < -0.3 is 9.47 Å². The standard InChI is InChI=1S/C43H29N3/c44-30-31-14-22-36(23-15-31)45(37-24-16-33(17-25-37)32-8-2-1-3-9-32)38-26-18-34(19-27-38)35-20-28-39(29-21-35)46-42-12-6-4-10-40(42)41-11-5-7-13-43(41)46/h1-29H. The zero-order valence-corrected chi connectivity index (χ0v) is 25.1. The second-order valence-corrected chi connectivity index (χ2v) is 11.4. The lowest BCUT2D eigenvalue weighted by Crippen LogP contribution is -2.09. The molecule has 0 unspecified atom stereocenters. The van der Waals surface area contributed by atoms with Crippen molar-refractivity contribution in [3.63, 3.8) is 0 Å². The number of nitrogens with zero attached hydrogens (tertiary/aromatic N) is 3. The van der Waals surface area contributed by atoms with Gasteiger partial charge in [-0.25, -0.2) is 0 Å². The molecule has 0 N–H and O–H groups in total. The molecule has 216 valence electrons. The fourth-order valence-electron chi connectivity index (χ4n) is 6.37. The van der Waals surface area contributed by atoms with E-state index in [1.54, 1.807) is 0 Å². The lowest BCUT2D eigenvalue weighted by molar-refractivity contribution is 1.18. The Labute approximate surface area is 268 Å². The van der Waals surface area contributed by atoms with Gasteiger partial charge in [0.05, 0.1) is 22.7 Å². The highest BCUT2D eigenvalue weighted by Gasteiger charge is 2.14. The van der Waals surface area contributed by atoms with Crippen LogP contribution in [0, 0.1) is 11.3 Å². The van der Waals surface area contributed by atoms with E-state index in [0.717, 1.165) is 33.9 Å². The maximum atomic E-state index is 9.38. The normalized spacial score (nSPS) is 11.0. The van der Waals surface area contributed by atoms with Gasteiger partial charge in [-0.15, -0.1) is 0 Å². The third-order valence-electron chi connectivity index (χ3n) is 8.65. The molecular formula is C43H29N3. The van der Waals surface area contributed by atoms with Crippen LogP contribution in [-0.2, 0) is 0 Å². The van der Waals surface area contributed by atoms with Crippen LogP contribution in [-0.4, -0.2) is 4.57 Å². The van der Waals surface area contributed by atoms with E-state index in [1.807, 2.05) is 30.3 Å². The summed E-state index contributed by atoms with van der Waals surface area (Å²) in [5.41, 5.74) is 12.0. The van der Waals surface area contributed by atoms with E-state index in [9.17, 15) is 5.26 Å². The van der Waals surface area contributed by atoms with Crippen molar-refractivity contribution in [2.45, 2.75) is 0 Å². The van der Waals surface area contributed by atoms with Crippen molar-refractivity contribution in [2.75, 3.05) is 4.90 Å². The maximum absolute atomic E-state index is 9.38. The van der Waals surface area contributed by atoms with Crippen LogP contribution >= 0.6 is 0 Å². The van der Waals surface area contributed by atoms with E-state index >= 15 is 0 Å². The molecule has 0 spiro atoms. The van der Waals surface area contributed by atoms with Gasteiger partial charge in [-0.05, 0) is 95.1 Å². The Hall–Kier alpha value is -6.37. The number of anilines is 3. The van der Waals surface area contributed by atoms with E-state index in [-0.39, 0.29) is 0 Å². The Bertz CT molecular complexity index is 2270. The monoisotopic (exact) mass is 587 g/mol. The minimum atomic E-state index is 0.642. The topological polar surface area (TPSA) is 32.0 Å². The molecule has 0 saturated heterocycles. The highest BCUT2D eigenvalue weighted by Crippen LogP contribution is 2.37. The molecular weight excluding hydrogens is 558 g/mol. The number of aromatic nitrogens is 1. The van der Waals surface area contributed by atoms with Gasteiger partial charge in [0.15, 0.2) is 0 Å². The number of hydrogen-bond donors (Lipinski definition) is 0. The molecule has 8 aromatic rings. The fraction of sp³-hybridized carbons (Fsp3) is 0. The van der Waals surface area contributed by atoms with Gasteiger partial charge in [0.1, 0.15) is 0 Å². The van der Waals surface area contributed by atoms with Crippen molar-refractivity contribution in [3.8, 4) is 34.0 Å². The number of benzene rings is 7. The molecule has 0 amide bonds. The van der Waals surface area contributed by atoms with E-state index < -0.39 is 0 Å². The molecule has 0 aliphatic carbocycles. The molecule has 0 saturated carbocycles. The van der Waals surface area contributed by atoms with Crippen molar-refractivity contribution >= 4 is 38.9 Å². The van der Waals surface area contributed by atoms with Crippen molar-refractivity contribution in [2.24, 2.45) is 0 Å². The molecule has 0 fully saturated rings. The number of nitriles is 1. The van der Waals surface area contributed by atoms with Gasteiger partial charge in [0.25, 0.3) is 0 Å². The largest absolute Gasteiger partial charge is 0.311 e. The first-order valence-corrected chi connectivity index (χ1v) is 15.4. The molecule has 0 aliphatic heterocycles. The number of rotatable bonds is 6. The number of para-hydroxylation sites is 2. The quantitative estimate of drug-likeness (QED) is 0.194. The summed E-state index contributed by atoms with van der Waals surface area (Å²) in [6.45, 7) is 0. The Morgan fingerprint density at radius 1 is 0.391 bits per heavy atom. The summed E-state index contributed by atoms with van der Waals surface area (Å²) in [6, 6.07) is 63.7. The second-order valence-electron chi connectivity index (χ2n) is 11.4. The summed E-state index contributed by atoms with van der Waals surface area (Å²) in [5.74, 6) is 0. The van der Waals surface area contributed by atoms with Crippen LogP contribution in [0.3, 0.4) is 0 Å². The summed E-state index contributed by atoms with van der Waals surface area (Å²) in [7, 11) is 0. The van der Waals surface area contributed by atoms with E-state index in [2.05, 4.69) is 161 Å². The molecule has 3 nitrogen and oxygen atoms in total. The Morgan fingerprint density at radius 3 is 1.26 bits per heavy atom. The maximum Gasteiger partial charge on any atom is 0.0991 e.